The van der Waals surface area contributed by atoms with Crippen LogP contribution in [-0.4, -0.2) is 42.4 Å². The van der Waals surface area contributed by atoms with Gasteiger partial charge in [0.1, 0.15) is 11.6 Å². The lowest BCUT2D eigenvalue weighted by Crippen LogP contribution is -2.43. The second kappa shape index (κ2) is 6.58. The molecule has 10 nitrogen and oxygen atoms in total. The minimum Gasteiger partial charge on any atom is -0.298 e. The highest BCUT2D eigenvalue weighted by Crippen LogP contribution is 2.46. The van der Waals surface area contributed by atoms with Crippen molar-refractivity contribution < 1.29 is 9.11 Å². The van der Waals surface area contributed by atoms with Gasteiger partial charge in [0.05, 0.1) is 23.7 Å². The number of nitriles is 1. The summed E-state index contributed by atoms with van der Waals surface area (Å²) >= 11 is 0. The third kappa shape index (κ3) is 3.76. The Morgan fingerprint density at radius 3 is 2.39 bits per heavy atom. The van der Waals surface area contributed by atoms with E-state index in [1.165, 1.54) is 0 Å². The van der Waals surface area contributed by atoms with Gasteiger partial charge in [-0.1, -0.05) is 52.3 Å². The van der Waals surface area contributed by atoms with Crippen molar-refractivity contribution in [1.29, 1.82) is 5.26 Å². The van der Waals surface area contributed by atoms with Crippen molar-refractivity contribution in [2.45, 2.75) is 47.0 Å². The first-order valence-electron chi connectivity index (χ1n) is 8.89. The molecule has 0 fully saturated rings. The zero-order valence-electron chi connectivity index (χ0n) is 16.9. The Bertz CT molecular complexity index is 924. The number of hydrogen-bond donors (Lipinski definition) is 4. The highest BCUT2D eigenvalue weighted by atomic mass is 32.3. The number of H-pyrrole nitrogens is 1. The van der Waals surface area contributed by atoms with Gasteiger partial charge in [0.25, 0.3) is 0 Å². The predicted octanol–water partition coefficient (Wildman–Crippen LogP) is 3.82. The Labute approximate surface area is 165 Å². The number of fused-ring (bicyclic) bond motifs is 1. The molecule has 0 spiro atoms. The molecule has 0 saturated heterocycles. The average Bonchev–Trinajstić information content (AvgIpc) is 3.11. The van der Waals surface area contributed by atoms with Gasteiger partial charge in [-0.05, 0) is 0 Å². The highest BCUT2D eigenvalue weighted by Gasteiger charge is 2.39. The summed E-state index contributed by atoms with van der Waals surface area (Å²) in [5.74, 6) is 0.753. The Kier molecular flexibility index (Phi) is 4.77. The van der Waals surface area contributed by atoms with Gasteiger partial charge < -0.3 is 0 Å². The number of nitrogens with zero attached hydrogens (tertiary/aromatic N) is 6. The first-order valence-corrected chi connectivity index (χ1v) is 10.6. The third-order valence-corrected chi connectivity index (χ3v) is 5.54. The zero-order chi connectivity index (χ0) is 20.9. The Morgan fingerprint density at radius 2 is 1.82 bits per heavy atom. The second-order valence-corrected chi connectivity index (χ2v) is 10.7. The monoisotopic (exact) mass is 406 g/mol. The summed E-state index contributed by atoms with van der Waals surface area (Å²) < 4.78 is 24.2. The maximum atomic E-state index is 10.0. The minimum absolute atomic E-state index is 0.152. The van der Waals surface area contributed by atoms with E-state index >= 15 is 0 Å². The molecule has 3 rings (SSSR count). The molecule has 1 aromatic rings. The Balaban J connectivity index is 2.07. The quantitative estimate of drug-likeness (QED) is 0.549. The van der Waals surface area contributed by atoms with Crippen LogP contribution in [-0.2, 0) is 5.41 Å². The fourth-order valence-corrected chi connectivity index (χ4v) is 3.88. The van der Waals surface area contributed by atoms with Crippen LogP contribution in [0.25, 0.3) is 0 Å². The van der Waals surface area contributed by atoms with Crippen molar-refractivity contribution in [3.63, 3.8) is 0 Å². The molecule has 4 N–H and O–H groups in total. The summed E-state index contributed by atoms with van der Waals surface area (Å²) in [5, 5.41) is 26.8. The van der Waals surface area contributed by atoms with Crippen LogP contribution >= 0.6 is 10.8 Å². The minimum atomic E-state index is -3.05. The van der Waals surface area contributed by atoms with Crippen LogP contribution in [0.5, 0.6) is 0 Å². The number of amidine groups is 1. The maximum absolute atomic E-state index is 10.0. The number of hydrogen-bond acceptors (Lipinski definition) is 9. The molecule has 3 heterocycles. The van der Waals surface area contributed by atoms with Gasteiger partial charge in [0.2, 0.25) is 0 Å². The third-order valence-electron chi connectivity index (χ3n) is 4.34. The molecule has 0 amide bonds. The van der Waals surface area contributed by atoms with E-state index in [1.807, 2.05) is 41.5 Å². The molecule has 1 aromatic heterocycles. The molecule has 0 saturated carbocycles. The maximum Gasteiger partial charge on any atom is 0.196 e. The van der Waals surface area contributed by atoms with E-state index < -0.39 is 10.8 Å². The van der Waals surface area contributed by atoms with Crippen molar-refractivity contribution in [3.8, 4) is 6.07 Å². The molecule has 11 heteroatoms. The van der Waals surface area contributed by atoms with E-state index in [9.17, 15) is 14.4 Å². The lowest BCUT2D eigenvalue weighted by atomic mass is 9.90. The molecule has 0 atom stereocenters. The van der Waals surface area contributed by atoms with Crippen LogP contribution in [0.4, 0.5) is 5.82 Å². The SMILES string of the molecule is CC(C)(C)C1=C(/N=N/c2[nH]nc(C(C)(C)C)c2C#N)C2=NS(O)(O)CCN2N1. The molecule has 152 valence electrons. The molecule has 0 bridgehead atoms. The van der Waals surface area contributed by atoms with Gasteiger partial charge in [-0.3, -0.25) is 24.6 Å². The summed E-state index contributed by atoms with van der Waals surface area (Å²) in [5.41, 5.74) is 4.76. The molecule has 2 aliphatic heterocycles. The van der Waals surface area contributed by atoms with Crippen LogP contribution in [0.15, 0.2) is 26.0 Å². The van der Waals surface area contributed by atoms with Gasteiger partial charge in [0.15, 0.2) is 17.4 Å². The van der Waals surface area contributed by atoms with Crippen LogP contribution in [0.2, 0.25) is 0 Å². The average molecular weight is 407 g/mol. The predicted molar refractivity (Wildman–Crippen MR) is 108 cm³/mol. The van der Waals surface area contributed by atoms with Gasteiger partial charge in [-0.15, -0.1) is 14.6 Å². The number of azo groups is 1. The molecular formula is C17H26N8O2S. The first-order chi connectivity index (χ1) is 12.8. The van der Waals surface area contributed by atoms with Crippen molar-refractivity contribution in [1.82, 2.24) is 20.6 Å². The number of nitrogens with one attached hydrogen (secondary N) is 2. The standard InChI is InChI=1S/C17H26N8O2S/c1-16(2,3)12-10(9-18)14(22-20-12)21-19-11-13(17(4,5)6)23-25-7-8-28(26,27)24-15(11)25/h23,26-27H,7-8H2,1-6H3,(H,20,22)/b21-19+. The highest BCUT2D eigenvalue weighted by molar-refractivity contribution is 8.23. The summed E-state index contributed by atoms with van der Waals surface area (Å²) in [6.45, 7) is 12.3. The van der Waals surface area contributed by atoms with Gasteiger partial charge in [-0.25, -0.2) is 0 Å². The normalized spacial score (nSPS) is 20.7. The van der Waals surface area contributed by atoms with Crippen molar-refractivity contribution >= 4 is 22.4 Å². The van der Waals surface area contributed by atoms with Crippen LogP contribution in [0, 0.1) is 16.7 Å². The molecule has 0 unspecified atom stereocenters. The van der Waals surface area contributed by atoms with E-state index in [0.717, 1.165) is 5.70 Å². The fourth-order valence-electron chi connectivity index (χ4n) is 2.90. The summed E-state index contributed by atoms with van der Waals surface area (Å²) in [6.07, 6.45) is 0. The Morgan fingerprint density at radius 1 is 1.14 bits per heavy atom. The van der Waals surface area contributed by atoms with E-state index in [-0.39, 0.29) is 22.4 Å². The Hall–Kier alpha value is -2.42. The molecular weight excluding hydrogens is 380 g/mol. The zero-order valence-corrected chi connectivity index (χ0v) is 17.7. The summed E-state index contributed by atoms with van der Waals surface area (Å²) in [7, 11) is -3.05. The lowest BCUT2D eigenvalue weighted by Gasteiger charge is -2.35. The van der Waals surface area contributed by atoms with Crippen molar-refractivity contribution in [2.75, 3.05) is 12.3 Å². The molecule has 2 aliphatic rings. The van der Waals surface area contributed by atoms with E-state index in [0.29, 0.717) is 29.3 Å². The van der Waals surface area contributed by atoms with E-state index in [1.54, 1.807) is 5.01 Å². The summed E-state index contributed by atoms with van der Waals surface area (Å²) in [6, 6.07) is 2.14. The fraction of sp³-hybridized carbons (Fsp3) is 0.588. The summed E-state index contributed by atoms with van der Waals surface area (Å²) in [4.78, 5) is 0. The van der Waals surface area contributed by atoms with E-state index in [2.05, 4.69) is 36.3 Å². The van der Waals surface area contributed by atoms with E-state index in [4.69, 9.17) is 0 Å². The number of aromatic nitrogens is 2. The number of hydrazine groups is 1. The number of aromatic amines is 1. The smallest absolute Gasteiger partial charge is 0.196 e. The van der Waals surface area contributed by atoms with Gasteiger partial charge in [0, 0.05) is 10.8 Å². The second-order valence-electron chi connectivity index (χ2n) is 8.85. The topological polar surface area (TPSA) is 145 Å². The number of allylic oxidation sites excluding steroid dienone is 1. The molecule has 28 heavy (non-hydrogen) atoms. The van der Waals surface area contributed by atoms with Crippen molar-refractivity contribution in [2.24, 2.45) is 20.0 Å². The van der Waals surface area contributed by atoms with Crippen LogP contribution in [0.3, 0.4) is 0 Å². The lowest BCUT2D eigenvalue weighted by molar-refractivity contribution is 0.321. The van der Waals surface area contributed by atoms with Gasteiger partial charge in [-0.2, -0.15) is 10.4 Å². The van der Waals surface area contributed by atoms with Gasteiger partial charge >= 0.3 is 0 Å². The first kappa shape index (κ1) is 20.3. The molecule has 0 aromatic carbocycles. The molecule has 0 aliphatic carbocycles. The molecule has 0 radical (unpaired) electrons. The van der Waals surface area contributed by atoms with Crippen LogP contribution in [0.1, 0.15) is 52.8 Å². The largest absolute Gasteiger partial charge is 0.298 e. The number of rotatable bonds is 2. The van der Waals surface area contributed by atoms with Crippen molar-refractivity contribution in [3.05, 3.63) is 22.7 Å². The van der Waals surface area contributed by atoms with Crippen LogP contribution < -0.4 is 5.43 Å².